The van der Waals surface area contributed by atoms with Gasteiger partial charge in [-0.15, -0.1) is 0 Å². The molecule has 5 nitrogen and oxygen atoms in total. The van der Waals surface area contributed by atoms with E-state index in [-0.39, 0.29) is 11.4 Å². The maximum atomic E-state index is 11.0. The van der Waals surface area contributed by atoms with Gasteiger partial charge in [-0.25, -0.2) is 9.97 Å². The van der Waals surface area contributed by atoms with Gasteiger partial charge in [0, 0.05) is 12.1 Å². The lowest BCUT2D eigenvalue weighted by atomic mass is 9.99. The molecule has 92 valence electrons. The molecular weight excluding hydrogens is 216 g/mol. The molecule has 4 N–H and O–H groups in total. The van der Waals surface area contributed by atoms with Crippen LogP contribution >= 0.6 is 0 Å². The number of nitrogens with two attached hydrogens (primary N) is 2. The molecular formula is C12H18N4O. The summed E-state index contributed by atoms with van der Waals surface area (Å²) in [5.74, 6) is 0.762. The Kier molecular flexibility index (Phi) is 3.56. The first-order valence-electron chi connectivity index (χ1n) is 6.10. The maximum absolute atomic E-state index is 11.0. The van der Waals surface area contributed by atoms with Gasteiger partial charge < -0.3 is 11.5 Å². The fourth-order valence-corrected chi connectivity index (χ4v) is 2.33. The lowest BCUT2D eigenvalue weighted by Gasteiger charge is -2.13. The van der Waals surface area contributed by atoms with Crippen LogP contribution in [0, 0.1) is 0 Å². The second-order valence-corrected chi connectivity index (χ2v) is 4.58. The summed E-state index contributed by atoms with van der Waals surface area (Å²) < 4.78 is 0. The van der Waals surface area contributed by atoms with E-state index in [4.69, 9.17) is 11.5 Å². The number of aromatic nitrogens is 2. The Morgan fingerprint density at radius 2 is 1.88 bits per heavy atom. The third-order valence-electron chi connectivity index (χ3n) is 3.32. The van der Waals surface area contributed by atoms with E-state index in [1.807, 2.05) is 0 Å². The summed E-state index contributed by atoms with van der Waals surface area (Å²) >= 11 is 0. The molecule has 0 bridgehead atoms. The van der Waals surface area contributed by atoms with Crippen LogP contribution in [0.1, 0.15) is 60.6 Å². The van der Waals surface area contributed by atoms with Crippen molar-refractivity contribution in [3.05, 3.63) is 17.6 Å². The predicted molar refractivity (Wildman–Crippen MR) is 65.4 cm³/mol. The first-order chi connectivity index (χ1) is 8.18. The highest BCUT2D eigenvalue weighted by atomic mass is 16.1. The summed E-state index contributed by atoms with van der Waals surface area (Å²) in [6.07, 6.45) is 8.66. The fourth-order valence-electron chi connectivity index (χ4n) is 2.33. The van der Waals surface area contributed by atoms with Gasteiger partial charge in [-0.05, 0) is 12.8 Å². The van der Waals surface area contributed by atoms with Crippen LogP contribution in [-0.4, -0.2) is 15.9 Å². The molecule has 1 aliphatic rings. The predicted octanol–water partition coefficient (Wildman–Crippen LogP) is 1.60. The van der Waals surface area contributed by atoms with Crippen molar-refractivity contribution in [1.29, 1.82) is 0 Å². The molecule has 1 heterocycles. The molecule has 1 amide bonds. The molecule has 0 aromatic carbocycles. The van der Waals surface area contributed by atoms with Crippen molar-refractivity contribution in [2.45, 2.75) is 44.4 Å². The molecule has 5 heteroatoms. The van der Waals surface area contributed by atoms with Gasteiger partial charge in [0.05, 0.1) is 5.56 Å². The van der Waals surface area contributed by atoms with Crippen molar-refractivity contribution in [3.8, 4) is 0 Å². The van der Waals surface area contributed by atoms with Crippen LogP contribution in [0.2, 0.25) is 0 Å². The highest BCUT2D eigenvalue weighted by molar-refractivity contribution is 5.96. The van der Waals surface area contributed by atoms with Gasteiger partial charge in [-0.1, -0.05) is 25.7 Å². The lowest BCUT2D eigenvalue weighted by molar-refractivity contribution is 0.100. The van der Waals surface area contributed by atoms with Crippen LogP contribution in [0.15, 0.2) is 6.20 Å². The largest absolute Gasteiger partial charge is 0.383 e. The molecule has 0 saturated heterocycles. The number of primary amides is 1. The molecule has 0 unspecified atom stereocenters. The van der Waals surface area contributed by atoms with Crippen molar-refractivity contribution in [2.75, 3.05) is 5.73 Å². The number of nitrogen functional groups attached to an aromatic ring is 1. The van der Waals surface area contributed by atoms with E-state index in [9.17, 15) is 4.79 Å². The van der Waals surface area contributed by atoms with Gasteiger partial charge in [-0.3, -0.25) is 4.79 Å². The number of nitrogens with zero attached hydrogens (tertiary/aromatic N) is 2. The van der Waals surface area contributed by atoms with Gasteiger partial charge in [0.2, 0.25) is 0 Å². The Balaban J connectivity index is 2.21. The van der Waals surface area contributed by atoms with Crippen molar-refractivity contribution >= 4 is 11.7 Å². The fraction of sp³-hybridized carbons (Fsp3) is 0.583. The molecule has 1 fully saturated rings. The number of anilines is 1. The van der Waals surface area contributed by atoms with E-state index in [0.29, 0.717) is 5.92 Å². The highest BCUT2D eigenvalue weighted by Gasteiger charge is 2.18. The first kappa shape index (κ1) is 11.8. The van der Waals surface area contributed by atoms with Gasteiger partial charge in [0.25, 0.3) is 5.91 Å². The number of carbonyl (C=O) groups is 1. The molecule has 2 rings (SSSR count). The molecule has 17 heavy (non-hydrogen) atoms. The first-order valence-corrected chi connectivity index (χ1v) is 6.10. The van der Waals surface area contributed by atoms with Crippen LogP contribution in [0.5, 0.6) is 0 Å². The summed E-state index contributed by atoms with van der Waals surface area (Å²) in [4.78, 5) is 19.5. The summed E-state index contributed by atoms with van der Waals surface area (Å²) in [7, 11) is 0. The minimum Gasteiger partial charge on any atom is -0.383 e. The quantitative estimate of drug-likeness (QED) is 0.760. The summed E-state index contributed by atoms with van der Waals surface area (Å²) in [6, 6.07) is 0. The van der Waals surface area contributed by atoms with Gasteiger partial charge >= 0.3 is 0 Å². The van der Waals surface area contributed by atoms with Crippen LogP contribution in [0.4, 0.5) is 5.82 Å². The maximum Gasteiger partial charge on any atom is 0.254 e. The normalized spacial score (nSPS) is 17.6. The van der Waals surface area contributed by atoms with Crippen LogP contribution in [0.25, 0.3) is 0 Å². The van der Waals surface area contributed by atoms with E-state index < -0.39 is 5.91 Å². The topological polar surface area (TPSA) is 94.9 Å². The third-order valence-corrected chi connectivity index (χ3v) is 3.32. The second-order valence-electron chi connectivity index (χ2n) is 4.58. The van der Waals surface area contributed by atoms with Crippen molar-refractivity contribution in [2.24, 2.45) is 5.73 Å². The molecule has 1 aliphatic carbocycles. The number of rotatable bonds is 2. The zero-order chi connectivity index (χ0) is 12.3. The second kappa shape index (κ2) is 5.12. The smallest absolute Gasteiger partial charge is 0.254 e. The van der Waals surface area contributed by atoms with Crippen molar-refractivity contribution < 1.29 is 4.79 Å². The molecule has 1 aromatic rings. The van der Waals surface area contributed by atoms with Crippen LogP contribution in [0.3, 0.4) is 0 Å². The zero-order valence-electron chi connectivity index (χ0n) is 9.85. The molecule has 1 saturated carbocycles. The minimum absolute atomic E-state index is 0.201. The van der Waals surface area contributed by atoms with Crippen LogP contribution in [-0.2, 0) is 0 Å². The summed E-state index contributed by atoms with van der Waals surface area (Å²) in [6.45, 7) is 0. The Bertz CT molecular complexity index is 411. The monoisotopic (exact) mass is 234 g/mol. The number of carbonyl (C=O) groups excluding carboxylic acids is 1. The molecule has 1 aromatic heterocycles. The Hall–Kier alpha value is -1.65. The molecule has 0 radical (unpaired) electrons. The van der Waals surface area contributed by atoms with Crippen molar-refractivity contribution in [1.82, 2.24) is 9.97 Å². The summed E-state index contributed by atoms with van der Waals surface area (Å²) in [5.41, 5.74) is 11.1. The number of hydrogen-bond acceptors (Lipinski definition) is 4. The van der Waals surface area contributed by atoms with Crippen molar-refractivity contribution in [3.63, 3.8) is 0 Å². The Labute approximate surface area is 101 Å². The summed E-state index contributed by atoms with van der Waals surface area (Å²) in [5, 5.41) is 0. The van der Waals surface area contributed by atoms with E-state index in [1.54, 1.807) is 0 Å². The molecule has 0 spiro atoms. The van der Waals surface area contributed by atoms with E-state index >= 15 is 0 Å². The molecule has 0 atom stereocenters. The Morgan fingerprint density at radius 1 is 1.24 bits per heavy atom. The van der Waals surface area contributed by atoms with Gasteiger partial charge in [0.15, 0.2) is 0 Å². The number of amides is 1. The van der Waals surface area contributed by atoms with E-state index in [2.05, 4.69) is 9.97 Å². The third kappa shape index (κ3) is 2.72. The van der Waals surface area contributed by atoms with Crippen LogP contribution < -0.4 is 11.5 Å². The average molecular weight is 234 g/mol. The standard InChI is InChI=1S/C12H18N4O/c13-10-9(11(14)17)7-15-12(16-10)8-5-3-1-2-4-6-8/h7-8H,1-6H2,(H2,14,17)(H2,13,15,16). The zero-order valence-corrected chi connectivity index (χ0v) is 9.85. The lowest BCUT2D eigenvalue weighted by Crippen LogP contribution is -2.17. The van der Waals surface area contributed by atoms with E-state index in [1.165, 1.54) is 31.9 Å². The number of hydrogen-bond donors (Lipinski definition) is 2. The highest BCUT2D eigenvalue weighted by Crippen LogP contribution is 2.29. The SMILES string of the molecule is NC(=O)c1cnc(C2CCCCCC2)nc1N. The van der Waals surface area contributed by atoms with Gasteiger partial charge in [-0.2, -0.15) is 0 Å². The van der Waals surface area contributed by atoms with E-state index in [0.717, 1.165) is 18.7 Å². The minimum atomic E-state index is -0.574. The average Bonchev–Trinajstić information content (AvgIpc) is 2.56. The van der Waals surface area contributed by atoms with Gasteiger partial charge in [0.1, 0.15) is 11.6 Å². The molecule has 0 aliphatic heterocycles. The Morgan fingerprint density at radius 3 is 2.41 bits per heavy atom.